The van der Waals surface area contributed by atoms with Crippen molar-refractivity contribution >= 4 is 45.9 Å². The minimum atomic E-state index is -5.16. The molecule has 276 valence electrons. The molecule has 1 amide bonds. The number of Topliss-reactive ketones (excluding diaryl/α,β-unsaturated/α-hetero) is 1. The first-order valence-electron chi connectivity index (χ1n) is 15.6. The van der Waals surface area contributed by atoms with E-state index in [1.54, 1.807) is 24.3 Å². The van der Waals surface area contributed by atoms with Crippen LogP contribution in [0.3, 0.4) is 0 Å². The molecule has 0 radical (unpaired) electrons. The summed E-state index contributed by atoms with van der Waals surface area (Å²) in [6.45, 7) is -0.523. The van der Waals surface area contributed by atoms with E-state index in [0.717, 1.165) is 17.8 Å². The third kappa shape index (κ3) is 8.47. The molecular weight excluding hydrogens is 744 g/mol. The van der Waals surface area contributed by atoms with E-state index in [1.165, 1.54) is 53.4 Å². The van der Waals surface area contributed by atoms with Crippen LogP contribution in [0, 0.1) is 0 Å². The molecule has 0 aliphatic rings. The van der Waals surface area contributed by atoms with Gasteiger partial charge in [0.2, 0.25) is 0 Å². The number of carbonyl (C=O) groups is 3. The van der Waals surface area contributed by atoms with Crippen molar-refractivity contribution in [3.8, 4) is 17.2 Å². The van der Waals surface area contributed by atoms with Gasteiger partial charge in [-0.05, 0) is 59.7 Å². The summed E-state index contributed by atoms with van der Waals surface area (Å²) in [5.41, 5.74) is -3.37. The molecule has 0 bridgehead atoms. The van der Waals surface area contributed by atoms with E-state index >= 15 is 0 Å². The maximum Gasteiger partial charge on any atom is 0.416 e. The quantitative estimate of drug-likeness (QED) is 0.0766. The van der Waals surface area contributed by atoms with Gasteiger partial charge in [0.25, 0.3) is 11.7 Å². The molecule has 2 heterocycles. The number of aromatic nitrogens is 2. The van der Waals surface area contributed by atoms with Gasteiger partial charge in [0.1, 0.15) is 29.4 Å². The van der Waals surface area contributed by atoms with Gasteiger partial charge >= 0.3 is 18.3 Å². The average molecular weight is 768 g/mol. The lowest BCUT2D eigenvalue weighted by Crippen LogP contribution is -2.23. The zero-order valence-electron chi connectivity index (χ0n) is 27.3. The number of halogens is 7. The predicted octanol–water partition coefficient (Wildman–Crippen LogP) is 9.67. The van der Waals surface area contributed by atoms with Crippen molar-refractivity contribution in [3.63, 3.8) is 0 Å². The van der Waals surface area contributed by atoms with Crippen LogP contribution in [0.25, 0.3) is 10.9 Å². The van der Waals surface area contributed by atoms with Gasteiger partial charge in [0.15, 0.2) is 0 Å². The monoisotopic (exact) mass is 767 g/mol. The maximum atomic E-state index is 14.0. The van der Waals surface area contributed by atoms with Crippen LogP contribution in [-0.2, 0) is 30.3 Å². The Morgan fingerprint density at radius 3 is 2.26 bits per heavy atom. The highest BCUT2D eigenvalue weighted by molar-refractivity contribution is 6.48. The summed E-state index contributed by atoms with van der Waals surface area (Å²) in [5, 5.41) is 12.5. The highest BCUT2D eigenvalue weighted by Gasteiger charge is 2.38. The molecule has 4 aromatic carbocycles. The molecule has 6 rings (SSSR count). The van der Waals surface area contributed by atoms with Gasteiger partial charge in [-0.15, -0.1) is 0 Å². The Morgan fingerprint density at radius 2 is 1.57 bits per heavy atom. The molecule has 54 heavy (non-hydrogen) atoms. The molecule has 6 aromatic rings. The first-order chi connectivity index (χ1) is 25.6. The number of anilines is 1. The van der Waals surface area contributed by atoms with Gasteiger partial charge in [0.05, 0.1) is 27.9 Å². The van der Waals surface area contributed by atoms with Gasteiger partial charge in [-0.2, -0.15) is 26.3 Å². The smallest absolute Gasteiger partial charge is 0.416 e. The van der Waals surface area contributed by atoms with Crippen LogP contribution < -0.4 is 14.8 Å². The molecule has 0 saturated carbocycles. The number of carboxylic acid groups (broad SMARTS) is 1. The fraction of sp³-hybridized carbons (Fsp3) is 0.105. The lowest BCUT2D eigenvalue weighted by atomic mass is 10.0. The topological polar surface area (TPSA) is 120 Å². The molecule has 0 aliphatic heterocycles. The van der Waals surface area contributed by atoms with Crippen molar-refractivity contribution in [2.45, 2.75) is 25.5 Å². The number of carbonyl (C=O) groups excluding carboxylic acids is 2. The number of rotatable bonds is 11. The molecular formula is C38H24ClF6N3O6. The van der Waals surface area contributed by atoms with Crippen molar-refractivity contribution in [2.24, 2.45) is 0 Å². The van der Waals surface area contributed by atoms with E-state index < -0.39 is 58.8 Å². The lowest BCUT2D eigenvalue weighted by Gasteiger charge is -2.17. The molecule has 2 N–H and O–H groups in total. The number of fused-ring (bicyclic) bond motifs is 1. The number of hydrogen-bond acceptors (Lipinski definition) is 6. The Hall–Kier alpha value is -6.35. The summed E-state index contributed by atoms with van der Waals surface area (Å²) in [7, 11) is 0. The van der Waals surface area contributed by atoms with Gasteiger partial charge in [-0.25, -0.2) is 4.79 Å². The standard InChI is InChI=1S/C38H24ClF6N3O6/c39-24-13-27(17-46-16-24)54-33-11-8-25(14-29(33)36(51)52)47-35(50)34(49)30-19-48(18-22-6-7-23(37(40,41)42)12-31(22)38(43,44)45)32-10-9-26(15-28(30)32)53-20-21-4-2-1-3-5-21/h1-17,19H,18,20H2,(H,47,50)(H,51,52). The zero-order chi connectivity index (χ0) is 38.8. The van der Waals surface area contributed by atoms with Crippen molar-refractivity contribution < 1.29 is 55.3 Å². The Labute approximate surface area is 306 Å². The number of nitrogens with one attached hydrogen (secondary N) is 1. The molecule has 9 nitrogen and oxygen atoms in total. The fourth-order valence-corrected chi connectivity index (χ4v) is 5.67. The number of nitrogens with zero attached hydrogens (tertiary/aromatic N) is 2. The highest BCUT2D eigenvalue weighted by atomic mass is 35.5. The third-order valence-corrected chi connectivity index (χ3v) is 8.22. The first-order valence-corrected chi connectivity index (χ1v) is 16.0. The number of pyridine rings is 1. The van der Waals surface area contributed by atoms with Crippen LogP contribution in [0.1, 0.15) is 43.0 Å². The van der Waals surface area contributed by atoms with Crippen LogP contribution >= 0.6 is 11.6 Å². The van der Waals surface area contributed by atoms with E-state index in [1.807, 2.05) is 6.07 Å². The SMILES string of the molecule is O=C(Nc1ccc(Oc2cncc(Cl)c2)c(C(=O)O)c1)C(=O)c1cn(Cc2ccc(C(F)(F)F)cc2C(F)(F)F)c2ccc(OCc3ccccc3)cc12. The molecule has 0 saturated heterocycles. The van der Waals surface area contributed by atoms with E-state index in [2.05, 4.69) is 10.3 Å². The van der Waals surface area contributed by atoms with Crippen LogP contribution in [0.5, 0.6) is 17.2 Å². The van der Waals surface area contributed by atoms with Crippen LogP contribution in [-0.4, -0.2) is 32.3 Å². The summed E-state index contributed by atoms with van der Waals surface area (Å²) >= 11 is 5.92. The Morgan fingerprint density at radius 1 is 0.815 bits per heavy atom. The molecule has 16 heteroatoms. The number of aromatic carboxylic acids is 1. The number of ketones is 1. The number of alkyl halides is 6. The zero-order valence-corrected chi connectivity index (χ0v) is 28.1. The van der Waals surface area contributed by atoms with Gasteiger partial charge < -0.3 is 24.5 Å². The van der Waals surface area contributed by atoms with Gasteiger partial charge in [0, 0.05) is 41.6 Å². The van der Waals surface area contributed by atoms with Gasteiger partial charge in [-0.1, -0.05) is 48.0 Å². The molecule has 0 unspecified atom stereocenters. The molecule has 2 aromatic heterocycles. The van der Waals surface area contributed by atoms with E-state index in [4.69, 9.17) is 21.1 Å². The largest absolute Gasteiger partial charge is 0.489 e. The molecule has 0 fully saturated rings. The van der Waals surface area contributed by atoms with E-state index in [0.29, 0.717) is 12.1 Å². The Balaban J connectivity index is 1.34. The molecule has 0 aliphatic carbocycles. The number of hydrogen-bond donors (Lipinski definition) is 2. The van der Waals surface area contributed by atoms with E-state index in [9.17, 15) is 45.8 Å². The number of amides is 1. The normalized spacial score (nSPS) is 11.7. The summed E-state index contributed by atoms with van der Waals surface area (Å²) in [6.07, 6.45) is -6.44. The summed E-state index contributed by atoms with van der Waals surface area (Å²) in [4.78, 5) is 43.0. The minimum Gasteiger partial charge on any atom is -0.489 e. The fourth-order valence-electron chi connectivity index (χ4n) is 5.51. The number of ether oxygens (including phenoxy) is 2. The Kier molecular flexibility index (Phi) is 10.4. The van der Waals surface area contributed by atoms with Crippen LogP contribution in [0.2, 0.25) is 5.02 Å². The first kappa shape index (κ1) is 37.4. The van der Waals surface area contributed by atoms with Crippen molar-refractivity contribution in [2.75, 3.05) is 5.32 Å². The van der Waals surface area contributed by atoms with Gasteiger partial charge in [-0.3, -0.25) is 14.6 Å². The number of benzene rings is 4. The summed E-state index contributed by atoms with van der Waals surface area (Å²) in [6, 6.07) is 19.5. The maximum absolute atomic E-state index is 14.0. The summed E-state index contributed by atoms with van der Waals surface area (Å²) in [5.74, 6) is -3.61. The Bertz CT molecular complexity index is 2400. The van der Waals surface area contributed by atoms with Crippen molar-refractivity contribution in [3.05, 3.63) is 148 Å². The second kappa shape index (κ2) is 14.9. The van der Waals surface area contributed by atoms with Crippen LogP contribution in [0.15, 0.2) is 110 Å². The predicted molar refractivity (Wildman–Crippen MR) is 184 cm³/mol. The van der Waals surface area contributed by atoms with Crippen molar-refractivity contribution in [1.82, 2.24) is 9.55 Å². The lowest BCUT2D eigenvalue weighted by molar-refractivity contribution is -0.143. The molecule has 0 atom stereocenters. The van der Waals surface area contributed by atoms with E-state index in [-0.39, 0.29) is 57.1 Å². The average Bonchev–Trinajstić information content (AvgIpc) is 3.47. The number of carboxylic acids is 1. The second-order valence-corrected chi connectivity index (χ2v) is 12.2. The summed E-state index contributed by atoms with van der Waals surface area (Å²) < 4.78 is 94.8. The third-order valence-electron chi connectivity index (χ3n) is 8.01. The second-order valence-electron chi connectivity index (χ2n) is 11.7. The minimum absolute atomic E-state index is 0.0175. The molecule has 0 spiro atoms. The van der Waals surface area contributed by atoms with Crippen molar-refractivity contribution in [1.29, 1.82) is 0 Å². The highest BCUT2D eigenvalue weighted by Crippen LogP contribution is 2.38. The van der Waals surface area contributed by atoms with Crippen LogP contribution in [0.4, 0.5) is 32.0 Å².